The van der Waals surface area contributed by atoms with Crippen LogP contribution in [0.5, 0.6) is 0 Å². The molecule has 1 amide bonds. The van der Waals surface area contributed by atoms with Crippen molar-refractivity contribution in [2.75, 3.05) is 5.75 Å². The second kappa shape index (κ2) is 4.20. The predicted molar refractivity (Wildman–Crippen MR) is 57.0 cm³/mol. The Bertz CT molecular complexity index is 347. The van der Waals surface area contributed by atoms with Gasteiger partial charge in [-0.05, 0) is 13.8 Å². The molecule has 0 aliphatic carbocycles. The molecule has 0 unspecified atom stereocenters. The molecule has 0 bridgehead atoms. The predicted octanol–water partition coefficient (Wildman–Crippen LogP) is -1.54. The Labute approximate surface area is 88.1 Å². The Morgan fingerprint density at radius 1 is 1.43 bits per heavy atom. The van der Waals surface area contributed by atoms with Gasteiger partial charge in [0.25, 0.3) is 0 Å². The second-order valence-corrected chi connectivity index (χ2v) is 5.56. The summed E-state index contributed by atoms with van der Waals surface area (Å²) in [4.78, 5) is 10.6. The van der Waals surface area contributed by atoms with Crippen LogP contribution in [0, 0.1) is 0 Å². The summed E-state index contributed by atoms with van der Waals surface area (Å²) in [7, 11) is -3.70. The zero-order valence-corrected chi connectivity index (χ0v) is 9.54. The molecule has 0 spiro atoms. The molecule has 5 N–H and O–H groups in total. The number of thiocarbonyl (C=S) groups is 1. The van der Waals surface area contributed by atoms with Gasteiger partial charge in [-0.3, -0.25) is 4.79 Å². The summed E-state index contributed by atoms with van der Waals surface area (Å²) in [5.41, 5.74) is 8.70. The molecule has 0 heterocycles. The molecule has 0 rings (SSSR count). The van der Waals surface area contributed by atoms with E-state index in [2.05, 4.69) is 16.9 Å². The van der Waals surface area contributed by atoms with Gasteiger partial charge in [-0.25, -0.2) is 8.42 Å². The summed E-state index contributed by atoms with van der Waals surface area (Å²) >= 11 is 4.44. The van der Waals surface area contributed by atoms with E-state index in [4.69, 9.17) is 11.5 Å². The minimum atomic E-state index is -3.70. The number of sulfonamides is 1. The van der Waals surface area contributed by atoms with E-state index in [-0.39, 0.29) is 4.99 Å². The molecule has 0 radical (unpaired) electrons. The molecule has 0 saturated heterocycles. The van der Waals surface area contributed by atoms with Crippen LogP contribution < -0.4 is 16.2 Å². The lowest BCUT2D eigenvalue weighted by molar-refractivity contribution is -0.122. The summed E-state index contributed by atoms with van der Waals surface area (Å²) in [5, 5.41) is 0. The molecule has 0 saturated carbocycles. The smallest absolute Gasteiger partial charge is 0.238 e. The molecule has 0 aromatic heterocycles. The van der Waals surface area contributed by atoms with Crippen LogP contribution in [0.25, 0.3) is 0 Å². The normalized spacial score (nSPS) is 12.4. The molecule has 8 heteroatoms. The van der Waals surface area contributed by atoms with Crippen molar-refractivity contribution in [2.45, 2.75) is 19.4 Å². The Morgan fingerprint density at radius 3 is 2.14 bits per heavy atom. The lowest BCUT2D eigenvalue weighted by Crippen LogP contribution is -2.54. The van der Waals surface area contributed by atoms with Crippen molar-refractivity contribution < 1.29 is 13.2 Å². The molecule has 0 fully saturated rings. The van der Waals surface area contributed by atoms with Gasteiger partial charge in [0.15, 0.2) is 0 Å². The number of hydrogen-bond acceptors (Lipinski definition) is 4. The molecule has 0 aromatic rings. The van der Waals surface area contributed by atoms with Gasteiger partial charge in [0.2, 0.25) is 15.9 Å². The Hall–Kier alpha value is -0.730. The molecule has 82 valence electrons. The van der Waals surface area contributed by atoms with Crippen molar-refractivity contribution in [3.63, 3.8) is 0 Å². The average molecular weight is 239 g/mol. The molecule has 0 aromatic carbocycles. The lowest BCUT2D eigenvalue weighted by Gasteiger charge is -2.21. The summed E-state index contributed by atoms with van der Waals surface area (Å²) < 4.78 is 24.6. The Morgan fingerprint density at radius 2 is 1.86 bits per heavy atom. The molecule has 0 aliphatic rings. The molecule has 6 nitrogen and oxygen atoms in total. The number of carbonyl (C=O) groups excluding carboxylic acids is 1. The SMILES string of the molecule is CC(C)(NS(=O)(=O)CC(N)=S)C(N)=O. The van der Waals surface area contributed by atoms with Crippen molar-refractivity contribution in [1.82, 2.24) is 4.72 Å². The van der Waals surface area contributed by atoms with E-state index < -0.39 is 27.2 Å². The fourth-order valence-corrected chi connectivity index (χ4v) is 2.45. The summed E-state index contributed by atoms with van der Waals surface area (Å²) in [6.45, 7) is 2.71. The first kappa shape index (κ1) is 13.3. The Kier molecular flexibility index (Phi) is 3.98. The first-order chi connectivity index (χ1) is 6.07. The van der Waals surface area contributed by atoms with Crippen LogP contribution in [0.15, 0.2) is 0 Å². The van der Waals surface area contributed by atoms with E-state index >= 15 is 0 Å². The Balaban J connectivity index is 4.68. The number of hydrogen-bond donors (Lipinski definition) is 3. The molecule has 0 atom stereocenters. The van der Waals surface area contributed by atoms with Crippen molar-refractivity contribution in [3.05, 3.63) is 0 Å². The van der Waals surface area contributed by atoms with Crippen LogP contribution >= 0.6 is 12.2 Å². The van der Waals surface area contributed by atoms with Gasteiger partial charge in [0.05, 0.1) is 4.99 Å². The van der Waals surface area contributed by atoms with Crippen LogP contribution in [0.4, 0.5) is 0 Å². The summed E-state index contributed by atoms with van der Waals surface area (Å²) in [5.74, 6) is -1.28. The first-order valence-corrected chi connectivity index (χ1v) is 5.73. The quantitative estimate of drug-likeness (QED) is 0.503. The van der Waals surface area contributed by atoms with Gasteiger partial charge in [-0.1, -0.05) is 12.2 Å². The van der Waals surface area contributed by atoms with Crippen LogP contribution in [0.3, 0.4) is 0 Å². The summed E-state index contributed by atoms with van der Waals surface area (Å²) in [6, 6.07) is 0. The van der Waals surface area contributed by atoms with Gasteiger partial charge in [-0.15, -0.1) is 0 Å². The van der Waals surface area contributed by atoms with Gasteiger partial charge in [0, 0.05) is 0 Å². The van der Waals surface area contributed by atoms with E-state index in [1.54, 1.807) is 0 Å². The number of primary amides is 1. The van der Waals surface area contributed by atoms with Crippen LogP contribution in [-0.4, -0.2) is 30.6 Å². The monoisotopic (exact) mass is 239 g/mol. The fourth-order valence-electron chi connectivity index (χ4n) is 0.662. The number of amides is 1. The van der Waals surface area contributed by atoms with Crippen LogP contribution in [-0.2, 0) is 14.8 Å². The van der Waals surface area contributed by atoms with E-state index in [9.17, 15) is 13.2 Å². The van der Waals surface area contributed by atoms with Gasteiger partial charge >= 0.3 is 0 Å². The van der Waals surface area contributed by atoms with Crippen molar-refractivity contribution in [2.24, 2.45) is 11.5 Å². The fraction of sp³-hybridized carbons (Fsp3) is 0.667. The standard InChI is InChI=1S/C6H13N3O3S2/c1-6(2,5(8)10)9-14(11,12)3-4(7)13/h9H,3H2,1-2H3,(H2,7,13)(H2,8,10). The minimum absolute atomic E-state index is 0.169. The topological polar surface area (TPSA) is 115 Å². The molecule has 14 heavy (non-hydrogen) atoms. The van der Waals surface area contributed by atoms with Crippen LogP contribution in [0.1, 0.15) is 13.8 Å². The highest BCUT2D eigenvalue weighted by Gasteiger charge is 2.30. The number of rotatable bonds is 5. The third-order valence-corrected chi connectivity index (χ3v) is 3.20. The van der Waals surface area contributed by atoms with E-state index in [1.165, 1.54) is 13.8 Å². The molecular formula is C6H13N3O3S2. The first-order valence-electron chi connectivity index (χ1n) is 3.67. The molecular weight excluding hydrogens is 226 g/mol. The second-order valence-electron chi connectivity index (χ2n) is 3.32. The van der Waals surface area contributed by atoms with Crippen LogP contribution in [0.2, 0.25) is 0 Å². The highest BCUT2D eigenvalue weighted by Crippen LogP contribution is 2.03. The zero-order chi connectivity index (χ0) is 11.6. The van der Waals surface area contributed by atoms with E-state index in [0.717, 1.165) is 0 Å². The number of nitrogens with two attached hydrogens (primary N) is 2. The maximum atomic E-state index is 11.3. The summed E-state index contributed by atoms with van der Waals surface area (Å²) in [6.07, 6.45) is 0. The highest BCUT2D eigenvalue weighted by molar-refractivity contribution is 7.92. The van der Waals surface area contributed by atoms with Crippen molar-refractivity contribution in [1.29, 1.82) is 0 Å². The highest BCUT2D eigenvalue weighted by atomic mass is 32.2. The minimum Gasteiger partial charge on any atom is -0.392 e. The maximum absolute atomic E-state index is 11.3. The van der Waals surface area contributed by atoms with Crippen molar-refractivity contribution in [3.8, 4) is 0 Å². The number of carbonyl (C=O) groups is 1. The van der Waals surface area contributed by atoms with E-state index in [1.807, 2.05) is 0 Å². The number of nitrogens with one attached hydrogen (secondary N) is 1. The maximum Gasteiger partial charge on any atom is 0.238 e. The third-order valence-electron chi connectivity index (χ3n) is 1.36. The van der Waals surface area contributed by atoms with E-state index in [0.29, 0.717) is 0 Å². The van der Waals surface area contributed by atoms with Gasteiger partial charge in [0.1, 0.15) is 11.3 Å². The largest absolute Gasteiger partial charge is 0.392 e. The lowest BCUT2D eigenvalue weighted by atomic mass is 10.1. The third kappa shape index (κ3) is 4.49. The van der Waals surface area contributed by atoms with Gasteiger partial charge in [-0.2, -0.15) is 4.72 Å². The van der Waals surface area contributed by atoms with Crippen molar-refractivity contribution >= 4 is 33.1 Å². The van der Waals surface area contributed by atoms with Gasteiger partial charge < -0.3 is 11.5 Å². The zero-order valence-electron chi connectivity index (χ0n) is 7.90. The average Bonchev–Trinajstić information content (AvgIpc) is 1.79. The molecule has 0 aliphatic heterocycles.